The number of carbonyl (C=O) groups excluding carboxylic acids is 1. The van der Waals surface area contributed by atoms with Gasteiger partial charge >= 0.3 is 0 Å². The second kappa shape index (κ2) is 4.16. The first kappa shape index (κ1) is 11.0. The van der Waals surface area contributed by atoms with Crippen molar-refractivity contribution in [3.63, 3.8) is 0 Å². The van der Waals surface area contributed by atoms with Gasteiger partial charge in [-0.05, 0) is 0 Å². The Labute approximate surface area is 95.0 Å². The molecule has 0 spiro atoms. The number of hydrogen-bond donors (Lipinski definition) is 1. The lowest BCUT2D eigenvalue weighted by atomic mass is 10.5. The van der Waals surface area contributed by atoms with E-state index < -0.39 is 5.56 Å². The van der Waals surface area contributed by atoms with Crippen molar-refractivity contribution in [1.29, 1.82) is 0 Å². The van der Waals surface area contributed by atoms with Crippen molar-refractivity contribution in [3.05, 3.63) is 16.7 Å². The first-order valence-corrected chi connectivity index (χ1v) is 4.67. The average Bonchev–Trinajstić information content (AvgIpc) is 2.70. The highest BCUT2D eigenvalue weighted by atomic mass is 16.5. The summed E-state index contributed by atoms with van der Waals surface area (Å²) in [5.41, 5.74) is -0.195. The first-order chi connectivity index (χ1) is 8.13. The van der Waals surface area contributed by atoms with E-state index in [1.807, 2.05) is 0 Å². The van der Waals surface area contributed by atoms with Crippen LogP contribution in [0.1, 0.15) is 11.7 Å². The van der Waals surface area contributed by atoms with Crippen LogP contribution >= 0.6 is 0 Å². The fourth-order valence-corrected chi connectivity index (χ4v) is 1.29. The van der Waals surface area contributed by atoms with Gasteiger partial charge in [0.2, 0.25) is 11.9 Å². The van der Waals surface area contributed by atoms with E-state index in [-0.39, 0.29) is 23.0 Å². The molecule has 0 aliphatic heterocycles. The Hall–Kier alpha value is -2.51. The summed E-state index contributed by atoms with van der Waals surface area (Å²) in [4.78, 5) is 36.8. The summed E-state index contributed by atoms with van der Waals surface area (Å²) in [6.07, 6.45) is 2.37. The molecular weight excluding hydrogens is 226 g/mol. The molecule has 0 aliphatic carbocycles. The number of nitrogens with zero attached hydrogens (tertiary/aromatic N) is 4. The Bertz CT molecular complexity index is 654. The highest BCUT2D eigenvalue weighted by molar-refractivity contribution is 5.86. The van der Waals surface area contributed by atoms with Crippen LogP contribution in [-0.4, -0.2) is 38.9 Å². The minimum absolute atomic E-state index is 0.0485. The number of methoxy groups -OCH3 is 1. The normalized spacial score (nSPS) is 11.2. The molecule has 0 saturated heterocycles. The third kappa shape index (κ3) is 1.92. The average molecular weight is 235 g/mol. The van der Waals surface area contributed by atoms with Crippen LogP contribution in [0.3, 0.4) is 0 Å². The van der Waals surface area contributed by atoms with E-state index in [0.717, 1.165) is 6.40 Å². The van der Waals surface area contributed by atoms with Crippen molar-refractivity contribution in [3.8, 4) is 0 Å². The number of hydrogen-bond acceptors (Lipinski definition) is 6. The molecule has 0 atom stereocenters. The highest BCUT2D eigenvalue weighted by Crippen LogP contribution is 2.08. The van der Waals surface area contributed by atoms with Crippen molar-refractivity contribution >= 4 is 29.4 Å². The minimum atomic E-state index is -0.460. The molecule has 0 saturated carbocycles. The van der Waals surface area contributed by atoms with E-state index in [4.69, 9.17) is 0 Å². The van der Waals surface area contributed by atoms with Crippen molar-refractivity contribution in [2.45, 2.75) is 6.92 Å². The number of aliphatic imine (C=N–C) groups is 1. The number of rotatable bonds is 2. The number of imidazole rings is 1. The molecule has 1 N–H and O–H groups in total. The Morgan fingerprint density at radius 1 is 1.65 bits per heavy atom. The molecule has 17 heavy (non-hydrogen) atoms. The van der Waals surface area contributed by atoms with Gasteiger partial charge in [0.1, 0.15) is 6.33 Å². The summed E-state index contributed by atoms with van der Waals surface area (Å²) in [6.45, 7) is 1.35. The lowest BCUT2D eigenvalue weighted by Crippen LogP contribution is -2.10. The molecule has 0 radical (unpaired) electrons. The molecule has 88 valence electrons. The zero-order chi connectivity index (χ0) is 12.4. The van der Waals surface area contributed by atoms with Crippen LogP contribution in [0.2, 0.25) is 0 Å². The van der Waals surface area contributed by atoms with Crippen LogP contribution in [0.15, 0.2) is 16.1 Å². The zero-order valence-electron chi connectivity index (χ0n) is 9.17. The van der Waals surface area contributed by atoms with Gasteiger partial charge in [-0.25, -0.2) is 4.98 Å². The molecule has 0 unspecified atom stereocenters. The van der Waals surface area contributed by atoms with Gasteiger partial charge in [-0.2, -0.15) is 9.98 Å². The maximum atomic E-state index is 11.6. The second-order valence-corrected chi connectivity index (χ2v) is 3.17. The summed E-state index contributed by atoms with van der Waals surface area (Å²) in [6, 6.07) is 0. The van der Waals surface area contributed by atoms with Crippen molar-refractivity contribution < 1.29 is 9.53 Å². The SMILES string of the molecule is CO/C=N\c1nc2c(ncn2C(C)=O)c(=O)[nH]1. The largest absolute Gasteiger partial charge is 0.486 e. The van der Waals surface area contributed by atoms with Crippen LogP contribution in [0, 0.1) is 0 Å². The Morgan fingerprint density at radius 2 is 2.41 bits per heavy atom. The molecule has 2 rings (SSSR count). The lowest BCUT2D eigenvalue weighted by molar-refractivity contribution is 0.0940. The summed E-state index contributed by atoms with van der Waals surface area (Å²) < 4.78 is 5.79. The molecule has 2 aromatic heterocycles. The first-order valence-electron chi connectivity index (χ1n) is 4.67. The number of aromatic amines is 1. The molecule has 0 bridgehead atoms. The Kier molecular flexibility index (Phi) is 2.69. The van der Waals surface area contributed by atoms with Crippen LogP contribution in [0.5, 0.6) is 0 Å². The van der Waals surface area contributed by atoms with E-state index in [1.54, 1.807) is 0 Å². The van der Waals surface area contributed by atoms with Crippen molar-refractivity contribution in [1.82, 2.24) is 19.5 Å². The third-order valence-electron chi connectivity index (χ3n) is 2.01. The maximum Gasteiger partial charge on any atom is 0.280 e. The fourth-order valence-electron chi connectivity index (χ4n) is 1.29. The topological polar surface area (TPSA) is 102 Å². The van der Waals surface area contributed by atoms with Crippen LogP contribution in [0.4, 0.5) is 5.95 Å². The number of aromatic nitrogens is 4. The zero-order valence-corrected chi connectivity index (χ0v) is 9.17. The van der Waals surface area contributed by atoms with Gasteiger partial charge < -0.3 is 4.74 Å². The number of H-pyrrole nitrogens is 1. The molecule has 2 heterocycles. The van der Waals surface area contributed by atoms with Gasteiger partial charge in [0.25, 0.3) is 5.56 Å². The van der Waals surface area contributed by atoms with Gasteiger partial charge in [0.15, 0.2) is 17.6 Å². The predicted octanol–water partition coefficient (Wildman–Crippen LogP) is 0.0859. The van der Waals surface area contributed by atoms with Gasteiger partial charge in [-0.15, -0.1) is 0 Å². The monoisotopic (exact) mass is 235 g/mol. The van der Waals surface area contributed by atoms with E-state index in [0.29, 0.717) is 0 Å². The molecule has 8 nitrogen and oxygen atoms in total. The summed E-state index contributed by atoms with van der Waals surface area (Å²) >= 11 is 0. The van der Waals surface area contributed by atoms with Crippen LogP contribution < -0.4 is 5.56 Å². The van der Waals surface area contributed by atoms with E-state index in [2.05, 4.69) is 24.7 Å². The fraction of sp³-hybridized carbons (Fsp3) is 0.222. The van der Waals surface area contributed by atoms with Gasteiger partial charge in [0.05, 0.1) is 7.11 Å². The molecule has 2 aromatic rings. The van der Waals surface area contributed by atoms with Gasteiger partial charge in [-0.1, -0.05) is 0 Å². The molecule has 0 aromatic carbocycles. The summed E-state index contributed by atoms with van der Waals surface area (Å²) in [7, 11) is 1.42. The molecule has 8 heteroatoms. The molecule has 0 fully saturated rings. The number of fused-ring (bicyclic) bond motifs is 1. The second-order valence-electron chi connectivity index (χ2n) is 3.17. The quantitative estimate of drug-likeness (QED) is 0.586. The molecular formula is C9H9N5O3. The van der Waals surface area contributed by atoms with Crippen LogP contribution in [-0.2, 0) is 4.74 Å². The number of ether oxygens (including phenoxy) is 1. The maximum absolute atomic E-state index is 11.6. The Balaban J connectivity index is 2.69. The number of carbonyl (C=O) groups is 1. The number of nitrogens with one attached hydrogen (secondary N) is 1. The predicted molar refractivity (Wildman–Crippen MR) is 59.6 cm³/mol. The summed E-state index contributed by atoms with van der Waals surface area (Å²) in [5, 5.41) is 0. The van der Waals surface area contributed by atoms with E-state index >= 15 is 0 Å². The minimum Gasteiger partial charge on any atom is -0.486 e. The highest BCUT2D eigenvalue weighted by Gasteiger charge is 2.11. The standard InChI is InChI=1S/C9H9N5O3/c1-5(15)14-3-10-6-7(14)12-9(11-4-17-2)13-8(6)16/h3-4H,1-2H3,(H,12,13,16)/b11-4-. The smallest absolute Gasteiger partial charge is 0.280 e. The summed E-state index contributed by atoms with van der Waals surface area (Å²) in [5.74, 6) is -0.236. The van der Waals surface area contributed by atoms with Crippen LogP contribution in [0.25, 0.3) is 11.2 Å². The third-order valence-corrected chi connectivity index (χ3v) is 2.01. The van der Waals surface area contributed by atoms with Crippen molar-refractivity contribution in [2.24, 2.45) is 4.99 Å². The van der Waals surface area contributed by atoms with E-state index in [1.165, 1.54) is 24.9 Å². The molecule has 0 aliphatic rings. The Morgan fingerprint density at radius 3 is 3.06 bits per heavy atom. The lowest BCUT2D eigenvalue weighted by Gasteiger charge is -1.97. The molecule has 0 amide bonds. The van der Waals surface area contributed by atoms with Crippen molar-refractivity contribution in [2.75, 3.05) is 7.11 Å². The van der Waals surface area contributed by atoms with Gasteiger partial charge in [-0.3, -0.25) is 19.1 Å². The van der Waals surface area contributed by atoms with E-state index in [9.17, 15) is 9.59 Å². The van der Waals surface area contributed by atoms with Gasteiger partial charge in [0, 0.05) is 6.92 Å².